The number of aliphatic hydroxyl groups excluding tert-OH is 15. The summed E-state index contributed by atoms with van der Waals surface area (Å²) in [6, 6.07) is 11.1. The highest BCUT2D eigenvalue weighted by Gasteiger charge is 2.59. The number of benzene rings is 3. The van der Waals surface area contributed by atoms with Gasteiger partial charge in [0.15, 0.2) is 37.7 Å². The Morgan fingerprint density at radius 2 is 0.409 bits per heavy atom. The van der Waals surface area contributed by atoms with Crippen LogP contribution in [0.2, 0.25) is 0 Å². The van der Waals surface area contributed by atoms with Gasteiger partial charge in [0.2, 0.25) is 0 Å². The van der Waals surface area contributed by atoms with Crippen LogP contribution in [-0.4, -0.2) is 300 Å². The topological polar surface area (TPSA) is 442 Å². The van der Waals surface area contributed by atoms with E-state index in [0.29, 0.717) is 50.6 Å². The predicted octanol–water partition coefficient (Wildman–Crippen LogP) is -4.02. The second-order valence-corrected chi connectivity index (χ2v) is 25.4. The SMILES string of the molecule is Cc1cc(C)c(OCC2OC3OC4C(CO)OC(OC5C(COc6c(C)cc(C)cc6C)OC(OC6C(COc7c(C)cc(C)cc7C)OC(OC7C(CO)OC(OC8C(CO)OC(OC2C(O)C3O)C(O)C8O)C(O)C7O)C(O)C6O)C(O)C5O)C(O)C4O)c(C)c1. The van der Waals surface area contributed by atoms with E-state index in [-0.39, 0.29) is 0 Å². The van der Waals surface area contributed by atoms with Crippen molar-refractivity contribution in [2.45, 2.75) is 247 Å². The van der Waals surface area contributed by atoms with E-state index in [1.54, 1.807) is 41.5 Å². The Balaban J connectivity index is 1.01. The zero-order valence-corrected chi connectivity index (χ0v) is 52.9. The van der Waals surface area contributed by atoms with Crippen molar-refractivity contribution in [2.24, 2.45) is 0 Å². The summed E-state index contributed by atoms with van der Waals surface area (Å²) in [5.74, 6) is 1.16. The van der Waals surface area contributed by atoms with Crippen LogP contribution in [0.25, 0.3) is 0 Å². The van der Waals surface area contributed by atoms with Crippen LogP contribution in [-0.2, 0) is 56.8 Å². The summed E-state index contributed by atoms with van der Waals surface area (Å²) in [6.07, 6.45) is -57.8. The van der Waals surface area contributed by atoms with Crippen LogP contribution in [0.15, 0.2) is 36.4 Å². The van der Waals surface area contributed by atoms with Gasteiger partial charge < -0.3 is 148 Å². The maximum absolute atomic E-state index is 12.2. The molecule has 30 nitrogen and oxygen atoms in total. The van der Waals surface area contributed by atoms with Crippen molar-refractivity contribution < 1.29 is 148 Å². The maximum Gasteiger partial charge on any atom is 0.187 e. The normalized spacial score (nSPS) is 42.6. The molecular weight excluding hydrogens is 1240 g/mol. The zero-order chi connectivity index (χ0) is 67.3. The fourth-order valence-corrected chi connectivity index (χ4v) is 13.6. The zero-order valence-electron chi connectivity index (χ0n) is 52.9. The lowest BCUT2D eigenvalue weighted by molar-refractivity contribution is -0.403. The molecule has 22 saturated heterocycles. The van der Waals surface area contributed by atoms with Gasteiger partial charge in [0, 0.05) is 0 Å². The molecule has 30 atom stereocenters. The Labute approximate surface area is 536 Å². The minimum absolute atomic E-state index is 0.381. The first-order chi connectivity index (χ1) is 44.1. The van der Waals surface area contributed by atoms with Crippen molar-refractivity contribution in [3.05, 3.63) is 86.5 Å². The van der Waals surface area contributed by atoms with Gasteiger partial charge >= 0.3 is 0 Å². The molecule has 3 aromatic rings. The van der Waals surface area contributed by atoms with E-state index in [9.17, 15) is 76.6 Å². The molecule has 22 aliphatic rings. The molecule has 30 heteroatoms. The molecule has 93 heavy (non-hydrogen) atoms. The molecule has 22 fully saturated rings. The van der Waals surface area contributed by atoms with E-state index < -0.39 is 224 Å². The van der Waals surface area contributed by atoms with E-state index in [2.05, 4.69) is 0 Å². The fraction of sp³-hybridized carbons (Fsp3) is 0.714. The molecule has 0 saturated carbocycles. The average Bonchev–Trinajstić information content (AvgIpc) is 0.851. The number of aryl methyl sites for hydroxylation is 9. The van der Waals surface area contributed by atoms with Crippen molar-refractivity contribution in [3.63, 3.8) is 0 Å². The fourth-order valence-electron chi connectivity index (χ4n) is 13.6. The molecule has 0 amide bonds. The standard InChI is InChI=1S/C63H90O30/c1-22-10-25(4)49(26(5)11-22)79-19-34-55-40(70)46(76)61(85-34)90-54-33(18-66)84-60(45(75)39(54)69)92-56-35(20-80-50-27(6)12-23(2)13-28(50)7)87-63(48(78)42(56)72)93-57-36(21-81-51-29(8)14-24(3)15-30(51)9)86-62(47(77)41(57)71)89-53-32(17-65)82-58(43(73)37(53)67)88-52-31(16-64)83-59(91-55)44(74)38(52)68/h10-15,31-48,52-78H,16-21H2,1-9H3. The maximum atomic E-state index is 12.2. The molecule has 0 radical (unpaired) electrons. The molecule has 30 unspecified atom stereocenters. The minimum atomic E-state index is -2.16. The highest BCUT2D eigenvalue weighted by Crippen LogP contribution is 2.40. The van der Waals surface area contributed by atoms with E-state index in [1.165, 1.54) is 0 Å². The number of hydrogen-bond donors (Lipinski definition) is 15. The lowest BCUT2D eigenvalue weighted by Gasteiger charge is -2.50. The molecule has 12 bridgehead atoms. The smallest absolute Gasteiger partial charge is 0.187 e. The van der Waals surface area contributed by atoms with E-state index in [1.807, 2.05) is 57.2 Å². The first-order valence-corrected chi connectivity index (χ1v) is 31.1. The summed E-state index contributed by atoms with van der Waals surface area (Å²) < 4.78 is 92.8. The van der Waals surface area contributed by atoms with E-state index >= 15 is 0 Å². The van der Waals surface area contributed by atoms with Crippen LogP contribution in [0, 0.1) is 62.3 Å². The lowest BCUT2D eigenvalue weighted by atomic mass is 9.94. The quantitative estimate of drug-likeness (QED) is 0.0821. The third-order valence-electron chi connectivity index (χ3n) is 18.1. The first kappa shape index (κ1) is 71.7. The van der Waals surface area contributed by atoms with Crippen molar-refractivity contribution in [1.82, 2.24) is 0 Å². The molecule has 15 N–H and O–H groups in total. The highest BCUT2D eigenvalue weighted by molar-refractivity contribution is 5.45. The second kappa shape index (κ2) is 30.0. The summed E-state index contributed by atoms with van der Waals surface area (Å²) >= 11 is 0. The summed E-state index contributed by atoms with van der Waals surface area (Å²) in [7, 11) is 0. The van der Waals surface area contributed by atoms with Gasteiger partial charge in [0.25, 0.3) is 0 Å². The molecule has 0 spiro atoms. The van der Waals surface area contributed by atoms with Crippen molar-refractivity contribution >= 4 is 0 Å². The number of rotatable bonds is 12. The summed E-state index contributed by atoms with van der Waals surface area (Å²) in [5.41, 5.74) is 6.87. The molecule has 22 heterocycles. The lowest BCUT2D eigenvalue weighted by Crippen LogP contribution is -2.69. The molecule has 25 rings (SSSR count). The average molecular weight is 1330 g/mol. The van der Waals surface area contributed by atoms with Crippen LogP contribution in [0.4, 0.5) is 0 Å². The van der Waals surface area contributed by atoms with Crippen molar-refractivity contribution in [3.8, 4) is 17.2 Å². The van der Waals surface area contributed by atoms with Crippen molar-refractivity contribution in [1.29, 1.82) is 0 Å². The van der Waals surface area contributed by atoms with Crippen LogP contribution in [0.3, 0.4) is 0 Å². The van der Waals surface area contributed by atoms with Gasteiger partial charge in [-0.25, -0.2) is 0 Å². The summed E-state index contributed by atoms with van der Waals surface area (Å²) in [5, 5.41) is 175. The number of hydrogen-bond acceptors (Lipinski definition) is 30. The van der Waals surface area contributed by atoms with Crippen LogP contribution in [0.1, 0.15) is 50.1 Å². The van der Waals surface area contributed by atoms with Gasteiger partial charge in [-0.15, -0.1) is 0 Å². The molecule has 0 aliphatic carbocycles. The number of aliphatic hydroxyl groups is 15. The largest absolute Gasteiger partial charge is 0.490 e. The van der Waals surface area contributed by atoms with Gasteiger partial charge in [-0.1, -0.05) is 53.1 Å². The van der Waals surface area contributed by atoms with Crippen LogP contribution < -0.4 is 14.2 Å². The monoisotopic (exact) mass is 1330 g/mol. The van der Waals surface area contributed by atoms with Crippen molar-refractivity contribution in [2.75, 3.05) is 39.6 Å². The van der Waals surface area contributed by atoms with Gasteiger partial charge in [-0.05, 0) is 95.7 Å². The van der Waals surface area contributed by atoms with Gasteiger partial charge in [-0.2, -0.15) is 0 Å². The molecule has 0 aromatic heterocycles. The first-order valence-electron chi connectivity index (χ1n) is 31.1. The summed E-state index contributed by atoms with van der Waals surface area (Å²) in [6.45, 7) is 11.9. The van der Waals surface area contributed by atoms with E-state index in [0.717, 1.165) is 16.7 Å². The Morgan fingerprint density at radius 3 is 0.581 bits per heavy atom. The predicted molar refractivity (Wildman–Crippen MR) is 313 cm³/mol. The Morgan fingerprint density at radius 1 is 0.247 bits per heavy atom. The van der Waals surface area contributed by atoms with Gasteiger partial charge in [-0.3, -0.25) is 0 Å². The van der Waals surface area contributed by atoms with Crippen LogP contribution in [0.5, 0.6) is 17.2 Å². The Hall–Kier alpha value is -4.02. The molecule has 522 valence electrons. The molecule has 3 aromatic carbocycles. The highest BCUT2D eigenvalue weighted by atomic mass is 16.8. The van der Waals surface area contributed by atoms with Gasteiger partial charge in [0.05, 0.1) is 19.8 Å². The number of ether oxygens (including phenoxy) is 15. The molecule has 22 aliphatic heterocycles. The van der Waals surface area contributed by atoms with Gasteiger partial charge in [0.1, 0.15) is 184 Å². The molecular formula is C63H90O30. The third-order valence-corrected chi connectivity index (χ3v) is 18.1. The Kier molecular flexibility index (Phi) is 23.1. The third kappa shape index (κ3) is 14.9. The summed E-state index contributed by atoms with van der Waals surface area (Å²) in [4.78, 5) is 0. The Bertz CT molecular complexity index is 2900. The van der Waals surface area contributed by atoms with E-state index in [4.69, 9.17) is 71.1 Å². The minimum Gasteiger partial charge on any atom is -0.490 e. The van der Waals surface area contributed by atoms with Crippen LogP contribution >= 0.6 is 0 Å². The second-order valence-electron chi connectivity index (χ2n) is 25.4.